The number of imidazole rings is 1. The average Bonchev–Trinajstić information content (AvgIpc) is 3.04. The summed E-state index contributed by atoms with van der Waals surface area (Å²) in [5.74, 6) is 1.58. The normalized spacial score (nSPS) is 17.6. The van der Waals surface area contributed by atoms with E-state index in [0.717, 1.165) is 23.4 Å². The highest BCUT2D eigenvalue weighted by Gasteiger charge is 2.22. The third-order valence-electron chi connectivity index (χ3n) is 4.27. The van der Waals surface area contributed by atoms with Gasteiger partial charge in [0.05, 0.1) is 41.9 Å². The lowest BCUT2D eigenvalue weighted by atomic mass is 10.2. The van der Waals surface area contributed by atoms with Gasteiger partial charge in [-0.1, -0.05) is 0 Å². The van der Waals surface area contributed by atoms with Crippen molar-refractivity contribution in [2.75, 3.05) is 30.4 Å². The number of nitriles is 1. The molecular formula is C17H17N7O. The molecule has 0 radical (unpaired) electrons. The van der Waals surface area contributed by atoms with Crippen LogP contribution in [-0.4, -0.2) is 45.3 Å². The number of nitrogens with zero attached hydrogens (tertiary/aromatic N) is 6. The van der Waals surface area contributed by atoms with E-state index in [1.54, 1.807) is 29.1 Å². The Bertz CT molecular complexity index is 975. The van der Waals surface area contributed by atoms with Crippen LogP contribution >= 0.6 is 0 Å². The van der Waals surface area contributed by atoms with Crippen LogP contribution in [0, 0.1) is 11.3 Å². The number of benzene rings is 1. The van der Waals surface area contributed by atoms with Crippen molar-refractivity contribution >= 4 is 22.7 Å². The Hall–Kier alpha value is -3.18. The van der Waals surface area contributed by atoms with Crippen LogP contribution in [0.5, 0.6) is 0 Å². The Morgan fingerprint density at radius 1 is 1.32 bits per heavy atom. The molecule has 0 saturated carbocycles. The number of hydrogen-bond acceptors (Lipinski definition) is 7. The lowest BCUT2D eigenvalue weighted by Gasteiger charge is -2.34. The van der Waals surface area contributed by atoms with Crippen molar-refractivity contribution in [3.05, 3.63) is 36.2 Å². The summed E-state index contributed by atoms with van der Waals surface area (Å²) in [5, 5.41) is 9.13. The molecule has 2 N–H and O–H groups in total. The average molecular weight is 335 g/mol. The predicted octanol–water partition coefficient (Wildman–Crippen LogP) is 1.49. The van der Waals surface area contributed by atoms with Gasteiger partial charge in [0.25, 0.3) is 0 Å². The molecule has 3 heterocycles. The van der Waals surface area contributed by atoms with Gasteiger partial charge in [0.1, 0.15) is 18.0 Å². The van der Waals surface area contributed by atoms with Crippen LogP contribution in [0.1, 0.15) is 12.5 Å². The molecule has 25 heavy (non-hydrogen) atoms. The van der Waals surface area contributed by atoms with Crippen molar-refractivity contribution in [1.29, 1.82) is 5.26 Å². The molecule has 8 nitrogen and oxygen atoms in total. The molecule has 2 aromatic heterocycles. The number of nitrogens with two attached hydrogens (primary N) is 1. The Balaban J connectivity index is 1.82. The van der Waals surface area contributed by atoms with Crippen LogP contribution in [0.25, 0.3) is 17.0 Å². The van der Waals surface area contributed by atoms with Crippen LogP contribution < -0.4 is 10.6 Å². The first-order valence-electron chi connectivity index (χ1n) is 8.02. The maximum absolute atomic E-state index is 9.13. The van der Waals surface area contributed by atoms with Crippen molar-refractivity contribution < 1.29 is 4.74 Å². The molecule has 1 aliphatic rings. The summed E-state index contributed by atoms with van der Waals surface area (Å²) in [5.41, 5.74) is 8.12. The summed E-state index contributed by atoms with van der Waals surface area (Å²) in [6, 6.07) is 9.43. The molecule has 3 aromatic rings. The largest absolute Gasteiger partial charge is 0.383 e. The second kappa shape index (κ2) is 6.03. The summed E-state index contributed by atoms with van der Waals surface area (Å²) in [4.78, 5) is 15.5. The zero-order valence-corrected chi connectivity index (χ0v) is 13.8. The van der Waals surface area contributed by atoms with Crippen LogP contribution in [0.2, 0.25) is 0 Å². The second-order valence-corrected chi connectivity index (χ2v) is 6.00. The molecule has 1 aromatic carbocycles. The maximum atomic E-state index is 9.13. The van der Waals surface area contributed by atoms with Gasteiger partial charge in [-0.05, 0) is 25.1 Å². The Morgan fingerprint density at radius 2 is 2.20 bits per heavy atom. The van der Waals surface area contributed by atoms with Gasteiger partial charge in [0, 0.05) is 12.6 Å². The van der Waals surface area contributed by atoms with Crippen LogP contribution in [0.15, 0.2) is 30.6 Å². The fourth-order valence-corrected chi connectivity index (χ4v) is 3.00. The van der Waals surface area contributed by atoms with Gasteiger partial charge in [-0.25, -0.2) is 4.98 Å². The third-order valence-corrected chi connectivity index (χ3v) is 4.27. The van der Waals surface area contributed by atoms with E-state index in [9.17, 15) is 0 Å². The molecule has 1 unspecified atom stereocenters. The molecule has 1 aliphatic heterocycles. The van der Waals surface area contributed by atoms with Gasteiger partial charge in [-0.2, -0.15) is 15.2 Å². The monoisotopic (exact) mass is 335 g/mol. The minimum absolute atomic E-state index is 0.209. The minimum atomic E-state index is 0.209. The van der Waals surface area contributed by atoms with E-state index in [4.69, 9.17) is 15.7 Å². The summed E-state index contributed by atoms with van der Waals surface area (Å²) in [7, 11) is 0. The number of ether oxygens (including phenoxy) is 1. The van der Waals surface area contributed by atoms with Gasteiger partial charge >= 0.3 is 0 Å². The topological polar surface area (TPSA) is 106 Å². The molecule has 0 amide bonds. The van der Waals surface area contributed by atoms with Crippen LogP contribution in [0.3, 0.4) is 0 Å². The van der Waals surface area contributed by atoms with Crippen molar-refractivity contribution in [2.24, 2.45) is 0 Å². The molecule has 0 bridgehead atoms. The smallest absolute Gasteiger partial charge is 0.239 e. The van der Waals surface area contributed by atoms with Gasteiger partial charge in [0.15, 0.2) is 0 Å². The van der Waals surface area contributed by atoms with Crippen molar-refractivity contribution in [1.82, 2.24) is 19.5 Å². The number of hydrogen-bond donors (Lipinski definition) is 1. The van der Waals surface area contributed by atoms with E-state index in [1.165, 1.54) is 0 Å². The molecule has 1 saturated heterocycles. The van der Waals surface area contributed by atoms with E-state index in [-0.39, 0.29) is 6.04 Å². The van der Waals surface area contributed by atoms with Gasteiger partial charge in [0.2, 0.25) is 5.95 Å². The highest BCUT2D eigenvalue weighted by molar-refractivity contribution is 5.78. The zero-order chi connectivity index (χ0) is 17.4. The lowest BCUT2D eigenvalue weighted by molar-refractivity contribution is 0.0985. The summed E-state index contributed by atoms with van der Waals surface area (Å²) >= 11 is 0. The maximum Gasteiger partial charge on any atom is 0.239 e. The number of aromatic nitrogens is 4. The fraction of sp³-hybridized carbons (Fsp3) is 0.294. The number of fused-ring (bicyclic) bond motifs is 1. The van der Waals surface area contributed by atoms with Crippen molar-refractivity contribution in [2.45, 2.75) is 13.0 Å². The van der Waals surface area contributed by atoms with E-state index >= 15 is 0 Å². The van der Waals surface area contributed by atoms with Crippen LogP contribution in [-0.2, 0) is 4.74 Å². The number of rotatable bonds is 2. The van der Waals surface area contributed by atoms with Gasteiger partial charge < -0.3 is 15.4 Å². The molecule has 4 rings (SSSR count). The quantitative estimate of drug-likeness (QED) is 0.756. The zero-order valence-electron chi connectivity index (χ0n) is 13.8. The second-order valence-electron chi connectivity index (χ2n) is 6.00. The molecule has 0 spiro atoms. The van der Waals surface area contributed by atoms with E-state index < -0.39 is 0 Å². The number of anilines is 2. The Kier molecular flexibility index (Phi) is 3.71. The number of nitrogen functional groups attached to an aromatic ring is 1. The summed E-state index contributed by atoms with van der Waals surface area (Å²) in [6.07, 6.45) is 1.65. The molecule has 126 valence electrons. The molecule has 0 aliphatic carbocycles. The summed E-state index contributed by atoms with van der Waals surface area (Å²) in [6.45, 7) is 4.14. The fourth-order valence-electron chi connectivity index (χ4n) is 3.00. The SMILES string of the molecule is CC1COCCN1c1cc(N)nc(-n2cnc3ccc(C#N)cc32)n1. The summed E-state index contributed by atoms with van der Waals surface area (Å²) < 4.78 is 7.24. The van der Waals surface area contributed by atoms with Crippen molar-refractivity contribution in [3.8, 4) is 12.0 Å². The van der Waals surface area contributed by atoms with E-state index in [2.05, 4.69) is 32.8 Å². The Labute approximate surface area is 144 Å². The number of morpholine rings is 1. The first-order chi connectivity index (χ1) is 12.2. The predicted molar refractivity (Wildman–Crippen MR) is 93.4 cm³/mol. The minimum Gasteiger partial charge on any atom is -0.383 e. The first kappa shape index (κ1) is 15.4. The highest BCUT2D eigenvalue weighted by atomic mass is 16.5. The molecular weight excluding hydrogens is 318 g/mol. The van der Waals surface area contributed by atoms with Gasteiger partial charge in [-0.15, -0.1) is 0 Å². The molecule has 8 heteroatoms. The molecule has 1 fully saturated rings. The van der Waals surface area contributed by atoms with Crippen LogP contribution in [0.4, 0.5) is 11.6 Å². The standard InChI is InChI=1S/C17H17N7O/c1-11-9-25-5-4-23(11)16-7-15(19)21-17(22-16)24-10-20-13-3-2-12(8-18)6-14(13)24/h2-3,6-7,10-11H,4-5,9H2,1H3,(H2,19,21,22). The highest BCUT2D eigenvalue weighted by Crippen LogP contribution is 2.23. The third kappa shape index (κ3) is 2.75. The van der Waals surface area contributed by atoms with Gasteiger partial charge in [-0.3, -0.25) is 4.57 Å². The Morgan fingerprint density at radius 3 is 3.00 bits per heavy atom. The van der Waals surface area contributed by atoms with E-state index in [0.29, 0.717) is 30.5 Å². The lowest BCUT2D eigenvalue weighted by Crippen LogP contribution is -2.44. The van der Waals surface area contributed by atoms with Crippen molar-refractivity contribution in [3.63, 3.8) is 0 Å². The van der Waals surface area contributed by atoms with E-state index in [1.807, 2.05) is 6.07 Å². The molecule has 1 atom stereocenters. The first-order valence-corrected chi connectivity index (χ1v) is 8.02.